The number of nitrogens with zero attached hydrogens (tertiary/aromatic N) is 1. The summed E-state index contributed by atoms with van der Waals surface area (Å²) in [5, 5.41) is 3.40. The topological polar surface area (TPSA) is 51.2 Å². The van der Waals surface area contributed by atoms with Crippen molar-refractivity contribution < 1.29 is 9.53 Å². The van der Waals surface area contributed by atoms with Crippen molar-refractivity contribution in [3.63, 3.8) is 0 Å². The average molecular weight is 337 g/mol. The number of hydrogen-bond donors (Lipinski definition) is 1. The van der Waals surface area contributed by atoms with Gasteiger partial charge in [0.1, 0.15) is 5.75 Å². The summed E-state index contributed by atoms with van der Waals surface area (Å²) in [6.45, 7) is 2.62. The third-order valence-electron chi connectivity index (χ3n) is 2.70. The summed E-state index contributed by atoms with van der Waals surface area (Å²) in [6.07, 6.45) is 4.30. The largest absolute Gasteiger partial charge is 0.491 e. The zero-order chi connectivity index (χ0) is 15.8. The van der Waals surface area contributed by atoms with E-state index in [4.69, 9.17) is 16.3 Å². The van der Waals surface area contributed by atoms with Crippen molar-refractivity contribution in [2.75, 3.05) is 17.7 Å². The van der Waals surface area contributed by atoms with Crippen LogP contribution in [-0.2, 0) is 4.79 Å². The zero-order valence-corrected chi connectivity index (χ0v) is 13.8. The second kappa shape index (κ2) is 8.66. The van der Waals surface area contributed by atoms with E-state index >= 15 is 0 Å². The maximum atomic E-state index is 12.1. The third-order valence-corrected chi connectivity index (χ3v) is 3.94. The van der Waals surface area contributed by atoms with Crippen LogP contribution in [0.15, 0.2) is 47.6 Å². The molecule has 0 aliphatic heterocycles. The Morgan fingerprint density at radius 3 is 2.82 bits per heavy atom. The number of amides is 1. The van der Waals surface area contributed by atoms with Gasteiger partial charge in [-0.2, -0.15) is 0 Å². The third kappa shape index (κ3) is 5.24. The van der Waals surface area contributed by atoms with Crippen molar-refractivity contribution >= 4 is 35.0 Å². The highest BCUT2D eigenvalue weighted by atomic mass is 35.5. The van der Waals surface area contributed by atoms with Crippen LogP contribution in [0.2, 0.25) is 5.02 Å². The lowest BCUT2D eigenvalue weighted by molar-refractivity contribution is -0.113. The first-order valence-electron chi connectivity index (χ1n) is 6.94. The van der Waals surface area contributed by atoms with Gasteiger partial charge in [0.2, 0.25) is 5.91 Å². The van der Waals surface area contributed by atoms with Gasteiger partial charge in [-0.25, -0.2) is 0 Å². The van der Waals surface area contributed by atoms with Crippen LogP contribution in [0.5, 0.6) is 5.75 Å². The van der Waals surface area contributed by atoms with Gasteiger partial charge in [-0.1, -0.05) is 18.5 Å². The first-order chi connectivity index (χ1) is 10.7. The van der Waals surface area contributed by atoms with Crippen LogP contribution < -0.4 is 10.1 Å². The summed E-state index contributed by atoms with van der Waals surface area (Å²) in [5.74, 6) is 0.836. The molecule has 1 aromatic heterocycles. The van der Waals surface area contributed by atoms with Crippen LogP contribution >= 0.6 is 23.4 Å². The van der Waals surface area contributed by atoms with Gasteiger partial charge in [-0.15, -0.1) is 11.8 Å². The number of carbonyl (C=O) groups is 1. The molecule has 0 atom stereocenters. The molecule has 0 fully saturated rings. The molecule has 0 spiro atoms. The molecule has 0 saturated carbocycles. The Morgan fingerprint density at radius 1 is 1.32 bits per heavy atom. The number of halogens is 1. The molecule has 2 aromatic rings. The van der Waals surface area contributed by atoms with Gasteiger partial charge in [0.25, 0.3) is 0 Å². The van der Waals surface area contributed by atoms with E-state index in [0.717, 1.165) is 11.3 Å². The SMILES string of the molecule is CCCOc1ccc(Cl)cc1NC(=O)CSc1ccncc1. The molecule has 0 saturated heterocycles. The first kappa shape index (κ1) is 16.6. The Kier molecular flexibility index (Phi) is 6.55. The highest BCUT2D eigenvalue weighted by Gasteiger charge is 2.09. The van der Waals surface area contributed by atoms with E-state index in [9.17, 15) is 4.79 Å². The minimum Gasteiger partial charge on any atom is -0.491 e. The molecule has 6 heteroatoms. The van der Waals surface area contributed by atoms with Crippen LogP contribution in [-0.4, -0.2) is 23.3 Å². The van der Waals surface area contributed by atoms with Crippen molar-refractivity contribution in [2.45, 2.75) is 18.2 Å². The fourth-order valence-corrected chi connectivity index (χ4v) is 2.56. The first-order valence-corrected chi connectivity index (χ1v) is 8.30. The molecule has 1 N–H and O–H groups in total. The summed E-state index contributed by atoms with van der Waals surface area (Å²) in [7, 11) is 0. The van der Waals surface area contributed by atoms with Gasteiger partial charge in [0.05, 0.1) is 18.0 Å². The smallest absolute Gasteiger partial charge is 0.234 e. The standard InChI is InChI=1S/C16H17ClN2O2S/c1-2-9-21-15-4-3-12(17)10-14(15)19-16(20)11-22-13-5-7-18-8-6-13/h3-8,10H,2,9,11H2,1H3,(H,19,20). The summed E-state index contributed by atoms with van der Waals surface area (Å²) in [4.78, 5) is 17.0. The summed E-state index contributed by atoms with van der Waals surface area (Å²) >= 11 is 7.44. The molecule has 116 valence electrons. The second-order valence-electron chi connectivity index (χ2n) is 4.51. The summed E-state index contributed by atoms with van der Waals surface area (Å²) in [6, 6.07) is 8.94. The molecule has 22 heavy (non-hydrogen) atoms. The minimum absolute atomic E-state index is 0.106. The fraction of sp³-hybridized carbons (Fsp3) is 0.250. The van der Waals surface area contributed by atoms with Gasteiger partial charge in [-0.3, -0.25) is 9.78 Å². The summed E-state index contributed by atoms with van der Waals surface area (Å²) < 4.78 is 5.62. The number of hydrogen-bond acceptors (Lipinski definition) is 4. The molecule has 0 aliphatic carbocycles. The number of nitrogens with one attached hydrogen (secondary N) is 1. The van der Waals surface area contributed by atoms with E-state index in [-0.39, 0.29) is 5.91 Å². The highest BCUT2D eigenvalue weighted by molar-refractivity contribution is 8.00. The predicted molar refractivity (Wildman–Crippen MR) is 90.8 cm³/mol. The molecule has 0 unspecified atom stereocenters. The lowest BCUT2D eigenvalue weighted by Crippen LogP contribution is -2.15. The van der Waals surface area contributed by atoms with Crippen molar-refractivity contribution in [3.05, 3.63) is 47.7 Å². The highest BCUT2D eigenvalue weighted by Crippen LogP contribution is 2.28. The van der Waals surface area contributed by atoms with Gasteiger partial charge >= 0.3 is 0 Å². The monoisotopic (exact) mass is 336 g/mol. The molecule has 2 rings (SSSR count). The molecule has 4 nitrogen and oxygen atoms in total. The Balaban J connectivity index is 1.96. The van der Waals surface area contributed by atoms with Crippen molar-refractivity contribution in [2.24, 2.45) is 0 Å². The van der Waals surface area contributed by atoms with Gasteiger partial charge < -0.3 is 10.1 Å². The molecule has 0 aliphatic rings. The van der Waals surface area contributed by atoms with Crippen LogP contribution in [0.4, 0.5) is 5.69 Å². The van der Waals surface area contributed by atoms with E-state index in [1.807, 2.05) is 19.1 Å². The molecular formula is C16H17ClN2O2S. The summed E-state index contributed by atoms with van der Waals surface area (Å²) in [5.41, 5.74) is 0.598. The fourth-order valence-electron chi connectivity index (χ4n) is 1.71. The van der Waals surface area contributed by atoms with E-state index in [0.29, 0.717) is 28.8 Å². The molecule has 0 bridgehead atoms. The van der Waals surface area contributed by atoms with Gasteiger partial charge in [0.15, 0.2) is 0 Å². The Morgan fingerprint density at radius 2 is 2.09 bits per heavy atom. The second-order valence-corrected chi connectivity index (χ2v) is 5.99. The maximum Gasteiger partial charge on any atom is 0.234 e. The lowest BCUT2D eigenvalue weighted by Gasteiger charge is -2.12. The zero-order valence-electron chi connectivity index (χ0n) is 12.2. The molecule has 1 amide bonds. The van der Waals surface area contributed by atoms with Crippen LogP contribution in [0.1, 0.15) is 13.3 Å². The molecule has 1 heterocycles. The minimum atomic E-state index is -0.106. The number of rotatable bonds is 7. The number of pyridine rings is 1. The Bertz CT molecular complexity index is 623. The number of benzene rings is 1. The van der Waals surface area contributed by atoms with E-state index in [2.05, 4.69) is 10.3 Å². The van der Waals surface area contributed by atoms with Crippen molar-refractivity contribution in [3.8, 4) is 5.75 Å². The van der Waals surface area contributed by atoms with E-state index < -0.39 is 0 Å². The number of carbonyl (C=O) groups excluding carboxylic acids is 1. The molecule has 1 aromatic carbocycles. The van der Waals surface area contributed by atoms with Crippen LogP contribution in [0.3, 0.4) is 0 Å². The average Bonchev–Trinajstić information content (AvgIpc) is 2.53. The molecular weight excluding hydrogens is 320 g/mol. The van der Waals surface area contributed by atoms with Crippen LogP contribution in [0, 0.1) is 0 Å². The number of anilines is 1. The number of aromatic nitrogens is 1. The quantitative estimate of drug-likeness (QED) is 0.768. The van der Waals surface area contributed by atoms with Gasteiger partial charge in [-0.05, 0) is 36.8 Å². The predicted octanol–water partition coefficient (Wildman–Crippen LogP) is 4.25. The van der Waals surface area contributed by atoms with E-state index in [1.54, 1.807) is 30.6 Å². The van der Waals surface area contributed by atoms with E-state index in [1.165, 1.54) is 11.8 Å². The van der Waals surface area contributed by atoms with Crippen molar-refractivity contribution in [1.29, 1.82) is 0 Å². The number of thioether (sulfide) groups is 1. The van der Waals surface area contributed by atoms with Crippen LogP contribution in [0.25, 0.3) is 0 Å². The van der Waals surface area contributed by atoms with Gasteiger partial charge in [0, 0.05) is 22.3 Å². The number of ether oxygens (including phenoxy) is 1. The van der Waals surface area contributed by atoms with Crippen molar-refractivity contribution in [1.82, 2.24) is 4.98 Å². The maximum absolute atomic E-state index is 12.1. The lowest BCUT2D eigenvalue weighted by atomic mass is 10.3. The Hall–Kier alpha value is -1.72. The molecule has 0 radical (unpaired) electrons. The normalized spacial score (nSPS) is 10.3. The Labute approximate surface area is 139 Å².